The molecule has 12 heteroatoms. The van der Waals surface area contributed by atoms with Crippen LogP contribution in [0, 0.1) is 11.6 Å². The highest BCUT2D eigenvalue weighted by Gasteiger charge is 2.31. The van der Waals surface area contributed by atoms with E-state index in [-0.39, 0.29) is 17.2 Å². The minimum absolute atomic E-state index is 0.0440. The van der Waals surface area contributed by atoms with Crippen LogP contribution < -0.4 is 15.8 Å². The zero-order valence-corrected chi connectivity index (χ0v) is 15.5. The first-order valence-electron chi connectivity index (χ1n) is 8.46. The summed E-state index contributed by atoms with van der Waals surface area (Å²) in [4.78, 5) is 16.3. The van der Waals surface area contributed by atoms with Crippen molar-refractivity contribution in [3.05, 3.63) is 42.0 Å². The molecule has 0 atom stereocenters. The highest BCUT2D eigenvalue weighted by Crippen LogP contribution is 2.44. The summed E-state index contributed by atoms with van der Waals surface area (Å²) in [7, 11) is -4.83. The predicted octanol–water partition coefficient (Wildman–Crippen LogP) is 2.82. The number of halogens is 2. The SMILES string of the molecule is Nc1c(F)cc2c(nc(-c3ccc(F)cc3)n2C2CC2)c1NC(=O)NS(=O)(=O)O. The van der Waals surface area contributed by atoms with E-state index in [1.165, 1.54) is 35.1 Å². The van der Waals surface area contributed by atoms with Gasteiger partial charge in [-0.1, -0.05) is 0 Å². The summed E-state index contributed by atoms with van der Waals surface area (Å²) >= 11 is 0. The highest BCUT2D eigenvalue weighted by molar-refractivity contribution is 7.84. The molecule has 0 unspecified atom stereocenters. The quantitative estimate of drug-likeness (QED) is 0.376. The van der Waals surface area contributed by atoms with Crippen molar-refractivity contribution >= 4 is 38.7 Å². The Morgan fingerprint density at radius 2 is 1.90 bits per heavy atom. The van der Waals surface area contributed by atoms with Gasteiger partial charge in [0.25, 0.3) is 0 Å². The van der Waals surface area contributed by atoms with Gasteiger partial charge in [-0.25, -0.2) is 23.3 Å². The second-order valence-corrected chi connectivity index (χ2v) is 7.74. The van der Waals surface area contributed by atoms with Crippen LogP contribution >= 0.6 is 0 Å². The lowest BCUT2D eigenvalue weighted by molar-refractivity contribution is 0.256. The largest absolute Gasteiger partial charge is 0.395 e. The Labute approximate surface area is 163 Å². The topological polar surface area (TPSA) is 139 Å². The molecule has 0 aliphatic heterocycles. The van der Waals surface area contributed by atoms with Crippen molar-refractivity contribution in [1.29, 1.82) is 0 Å². The fourth-order valence-corrected chi connectivity index (χ4v) is 3.38. The Morgan fingerprint density at radius 3 is 2.48 bits per heavy atom. The molecule has 9 nitrogen and oxygen atoms in total. The summed E-state index contributed by atoms with van der Waals surface area (Å²) < 4.78 is 61.3. The van der Waals surface area contributed by atoms with Gasteiger partial charge in [0.15, 0.2) is 0 Å². The van der Waals surface area contributed by atoms with Crippen LogP contribution in [0.2, 0.25) is 0 Å². The van der Waals surface area contributed by atoms with E-state index in [4.69, 9.17) is 10.3 Å². The van der Waals surface area contributed by atoms with E-state index in [2.05, 4.69) is 10.3 Å². The van der Waals surface area contributed by atoms with Crippen LogP contribution in [0.1, 0.15) is 18.9 Å². The van der Waals surface area contributed by atoms with Gasteiger partial charge in [-0.2, -0.15) is 8.42 Å². The number of hydrogen-bond acceptors (Lipinski definition) is 5. The molecule has 4 rings (SSSR count). The maximum atomic E-state index is 14.5. The fraction of sp³-hybridized carbons (Fsp3) is 0.176. The van der Waals surface area contributed by atoms with Crippen LogP contribution in [0.5, 0.6) is 0 Å². The first kappa shape index (κ1) is 19.1. The summed E-state index contributed by atoms with van der Waals surface area (Å²) in [5, 5.41) is 2.12. The maximum Gasteiger partial charge on any atom is 0.361 e. The average Bonchev–Trinajstić information content (AvgIpc) is 3.39. The summed E-state index contributed by atoms with van der Waals surface area (Å²) in [6, 6.07) is 5.45. The van der Waals surface area contributed by atoms with Gasteiger partial charge in [0.1, 0.15) is 23.0 Å². The van der Waals surface area contributed by atoms with Gasteiger partial charge >= 0.3 is 16.3 Å². The van der Waals surface area contributed by atoms with Gasteiger partial charge in [-0.15, -0.1) is 0 Å². The fourth-order valence-electron chi connectivity index (χ4n) is 3.10. The molecule has 1 saturated carbocycles. The van der Waals surface area contributed by atoms with Gasteiger partial charge in [0.05, 0.1) is 16.9 Å². The minimum atomic E-state index is -4.83. The van der Waals surface area contributed by atoms with Gasteiger partial charge in [-0.05, 0) is 37.1 Å². The number of imidazole rings is 1. The Morgan fingerprint density at radius 1 is 1.24 bits per heavy atom. The second kappa shape index (κ2) is 6.67. The third kappa shape index (κ3) is 3.71. The third-order valence-corrected chi connectivity index (χ3v) is 4.89. The molecule has 0 saturated heterocycles. The predicted molar refractivity (Wildman–Crippen MR) is 101 cm³/mol. The number of anilines is 2. The van der Waals surface area contributed by atoms with Crippen LogP contribution in [0.3, 0.4) is 0 Å². The van der Waals surface area contributed by atoms with Gasteiger partial charge in [-0.3, -0.25) is 4.55 Å². The van der Waals surface area contributed by atoms with E-state index in [0.717, 1.165) is 12.8 Å². The molecule has 0 bridgehead atoms. The lowest BCUT2D eigenvalue weighted by atomic mass is 10.2. The van der Waals surface area contributed by atoms with Crippen molar-refractivity contribution in [2.24, 2.45) is 0 Å². The number of urea groups is 1. The van der Waals surface area contributed by atoms with Crippen molar-refractivity contribution in [3.8, 4) is 11.4 Å². The van der Waals surface area contributed by atoms with Gasteiger partial charge in [0.2, 0.25) is 0 Å². The summed E-state index contributed by atoms with van der Waals surface area (Å²) in [6.07, 6.45) is 1.66. The van der Waals surface area contributed by atoms with Crippen molar-refractivity contribution in [1.82, 2.24) is 14.3 Å². The number of carbonyl (C=O) groups is 1. The Bertz CT molecular complexity index is 1240. The monoisotopic (exact) mass is 423 g/mol. The zero-order chi connectivity index (χ0) is 20.9. The Balaban J connectivity index is 1.90. The van der Waals surface area contributed by atoms with Crippen LogP contribution in [0.4, 0.5) is 25.0 Å². The maximum absolute atomic E-state index is 14.5. The molecule has 1 heterocycles. The van der Waals surface area contributed by atoms with Crippen molar-refractivity contribution in [2.75, 3.05) is 11.1 Å². The Kier molecular flexibility index (Phi) is 4.39. The Hall–Kier alpha value is -3.25. The number of nitrogens with zero attached hydrogens (tertiary/aromatic N) is 2. The molecule has 1 fully saturated rings. The van der Waals surface area contributed by atoms with E-state index in [1.54, 1.807) is 4.57 Å². The number of hydrogen-bond donors (Lipinski definition) is 4. The first-order chi connectivity index (χ1) is 13.6. The molecule has 5 N–H and O–H groups in total. The van der Waals surface area contributed by atoms with Gasteiger partial charge < -0.3 is 15.6 Å². The average molecular weight is 423 g/mol. The van der Waals surface area contributed by atoms with Crippen molar-refractivity contribution in [2.45, 2.75) is 18.9 Å². The number of amides is 2. The van der Waals surface area contributed by atoms with E-state index >= 15 is 0 Å². The standard InChI is InChI=1S/C17H15F2N5O4S/c18-9-3-1-8(2-4-9)16-21-14-12(24(16)10-5-6-10)7-11(19)13(20)15(14)22-17(25)23-29(26,27)28/h1-4,7,10H,5-6,20H2,(H2,22,23,25)(H,26,27,28). The lowest BCUT2D eigenvalue weighted by Crippen LogP contribution is -2.34. The molecule has 3 aromatic rings. The number of nitrogen functional groups attached to an aromatic ring is 1. The normalized spacial score (nSPS) is 14.2. The molecule has 1 aromatic heterocycles. The summed E-state index contributed by atoms with van der Waals surface area (Å²) in [5.74, 6) is -0.847. The van der Waals surface area contributed by atoms with Crippen LogP contribution in [-0.2, 0) is 10.3 Å². The molecule has 0 radical (unpaired) electrons. The molecule has 29 heavy (non-hydrogen) atoms. The zero-order valence-electron chi connectivity index (χ0n) is 14.7. The number of carbonyl (C=O) groups excluding carboxylic acids is 1. The first-order valence-corrected chi connectivity index (χ1v) is 9.90. The number of aromatic nitrogens is 2. The minimum Gasteiger partial charge on any atom is -0.395 e. The lowest BCUT2D eigenvalue weighted by Gasteiger charge is -2.11. The molecule has 152 valence electrons. The highest BCUT2D eigenvalue weighted by atomic mass is 32.2. The van der Waals surface area contributed by atoms with Crippen LogP contribution in [0.25, 0.3) is 22.4 Å². The van der Waals surface area contributed by atoms with E-state index < -0.39 is 33.7 Å². The van der Waals surface area contributed by atoms with Crippen LogP contribution in [0.15, 0.2) is 30.3 Å². The van der Waals surface area contributed by atoms with Gasteiger partial charge in [0, 0.05) is 17.7 Å². The van der Waals surface area contributed by atoms with Crippen LogP contribution in [-0.4, -0.2) is 28.6 Å². The van der Waals surface area contributed by atoms with Crippen molar-refractivity contribution in [3.63, 3.8) is 0 Å². The summed E-state index contributed by atoms with van der Waals surface area (Å²) in [6.45, 7) is 0. The van der Waals surface area contributed by atoms with E-state index in [9.17, 15) is 22.0 Å². The second-order valence-electron chi connectivity index (χ2n) is 6.59. The molecule has 2 amide bonds. The molecular weight excluding hydrogens is 408 g/mol. The number of fused-ring (bicyclic) bond motifs is 1. The molecule has 0 spiro atoms. The summed E-state index contributed by atoms with van der Waals surface area (Å²) in [5.41, 5.74) is 6.08. The molecule has 1 aliphatic carbocycles. The number of nitrogens with two attached hydrogens (primary N) is 1. The molecule has 2 aromatic carbocycles. The smallest absolute Gasteiger partial charge is 0.361 e. The third-order valence-electron chi connectivity index (χ3n) is 4.45. The number of nitrogens with one attached hydrogen (secondary N) is 2. The number of rotatable bonds is 4. The van der Waals surface area contributed by atoms with E-state index in [0.29, 0.717) is 16.9 Å². The number of benzene rings is 2. The van der Waals surface area contributed by atoms with Crippen molar-refractivity contribution < 1.29 is 26.5 Å². The molecule has 1 aliphatic rings. The molecular formula is C17H15F2N5O4S. The van der Waals surface area contributed by atoms with E-state index in [1.807, 2.05) is 0 Å².